The fourth-order valence-electron chi connectivity index (χ4n) is 4.02. The van der Waals surface area contributed by atoms with Crippen LogP contribution < -0.4 is 4.74 Å². The lowest BCUT2D eigenvalue weighted by Crippen LogP contribution is -2.40. The number of aromatic nitrogens is 2. The Morgan fingerprint density at radius 1 is 1.17 bits per heavy atom. The maximum absolute atomic E-state index is 13.0. The number of benzene rings is 2. The first kappa shape index (κ1) is 25.8. The first-order valence-electron chi connectivity index (χ1n) is 11.7. The molecule has 1 fully saturated rings. The van der Waals surface area contributed by atoms with Crippen LogP contribution in [0.3, 0.4) is 0 Å². The molecule has 36 heavy (non-hydrogen) atoms. The summed E-state index contributed by atoms with van der Waals surface area (Å²) >= 11 is 0. The van der Waals surface area contributed by atoms with E-state index in [0.29, 0.717) is 55.8 Å². The molecule has 0 bridgehead atoms. The number of carbonyl (C=O) groups is 1. The van der Waals surface area contributed by atoms with Crippen molar-refractivity contribution in [1.29, 1.82) is 0 Å². The molecular formula is C25H30N4O6S. The van der Waals surface area contributed by atoms with Gasteiger partial charge in [-0.15, -0.1) is 0 Å². The molecule has 0 radical (unpaired) electrons. The molecule has 11 heteroatoms. The number of carbonyl (C=O) groups excluding carboxylic acids is 1. The Balaban J connectivity index is 1.41. The highest BCUT2D eigenvalue weighted by Crippen LogP contribution is 2.26. The van der Waals surface area contributed by atoms with Gasteiger partial charge in [-0.3, -0.25) is 4.79 Å². The molecule has 1 aliphatic rings. The van der Waals surface area contributed by atoms with Crippen LogP contribution in [0.15, 0.2) is 51.9 Å². The highest BCUT2D eigenvalue weighted by molar-refractivity contribution is 7.89. The van der Waals surface area contributed by atoms with Gasteiger partial charge in [0.25, 0.3) is 0 Å². The van der Waals surface area contributed by atoms with Crippen molar-refractivity contribution in [3.05, 3.63) is 59.5 Å². The van der Waals surface area contributed by atoms with Crippen molar-refractivity contribution in [2.45, 2.75) is 31.2 Å². The molecule has 0 N–H and O–H groups in total. The highest BCUT2D eigenvalue weighted by Gasteiger charge is 2.27. The molecule has 1 saturated heterocycles. The Morgan fingerprint density at radius 3 is 2.64 bits per heavy atom. The Morgan fingerprint density at radius 2 is 1.92 bits per heavy atom. The van der Waals surface area contributed by atoms with Crippen LogP contribution >= 0.6 is 0 Å². The van der Waals surface area contributed by atoms with E-state index in [-0.39, 0.29) is 23.8 Å². The van der Waals surface area contributed by atoms with Gasteiger partial charge in [0.05, 0.1) is 31.8 Å². The van der Waals surface area contributed by atoms with Crippen LogP contribution in [-0.2, 0) is 32.5 Å². The SMILES string of the molecule is COc1ccc(S(=O)(=O)N2CCOCC2)cc1CCC(=O)N(C)Cc1nc(-c2ccccc2C)no1. The van der Waals surface area contributed by atoms with E-state index in [0.717, 1.165) is 11.1 Å². The van der Waals surface area contributed by atoms with Crippen LogP contribution in [0.2, 0.25) is 0 Å². The van der Waals surface area contributed by atoms with Gasteiger partial charge in [0.2, 0.25) is 27.6 Å². The van der Waals surface area contributed by atoms with Crippen molar-refractivity contribution < 1.29 is 27.2 Å². The van der Waals surface area contributed by atoms with Gasteiger partial charge in [-0.2, -0.15) is 9.29 Å². The number of morpholine rings is 1. The average Bonchev–Trinajstić information content (AvgIpc) is 3.35. The molecule has 0 aliphatic carbocycles. The molecule has 1 aliphatic heterocycles. The van der Waals surface area contributed by atoms with Gasteiger partial charge in [0, 0.05) is 32.1 Å². The first-order valence-corrected chi connectivity index (χ1v) is 13.1. The Labute approximate surface area is 210 Å². The average molecular weight is 515 g/mol. The topological polar surface area (TPSA) is 115 Å². The van der Waals surface area contributed by atoms with Crippen molar-refractivity contribution in [2.75, 3.05) is 40.5 Å². The van der Waals surface area contributed by atoms with E-state index < -0.39 is 10.0 Å². The molecule has 1 aromatic heterocycles. The Bertz CT molecular complexity index is 1320. The number of ether oxygens (including phenoxy) is 2. The van der Waals surface area contributed by atoms with Crippen molar-refractivity contribution in [3.63, 3.8) is 0 Å². The molecule has 10 nitrogen and oxygen atoms in total. The van der Waals surface area contributed by atoms with E-state index in [1.54, 1.807) is 19.2 Å². The molecule has 1 amide bonds. The molecule has 4 rings (SSSR count). The fraction of sp³-hybridized carbons (Fsp3) is 0.400. The molecule has 0 atom stereocenters. The third-order valence-electron chi connectivity index (χ3n) is 6.12. The standard InChI is InChI=1S/C25H30N4O6S/c1-18-6-4-5-7-21(18)25-26-23(35-27-25)17-28(2)24(30)11-8-19-16-20(9-10-22(19)33-3)36(31,32)29-12-14-34-15-13-29/h4-7,9-10,16H,8,11-15,17H2,1-3H3. The van der Waals surface area contributed by atoms with Crippen molar-refractivity contribution in [2.24, 2.45) is 0 Å². The lowest BCUT2D eigenvalue weighted by atomic mass is 10.1. The van der Waals surface area contributed by atoms with E-state index in [2.05, 4.69) is 10.1 Å². The third-order valence-corrected chi connectivity index (χ3v) is 8.01. The molecule has 2 heterocycles. The Hall–Kier alpha value is -3.28. The minimum absolute atomic E-state index is 0.144. The summed E-state index contributed by atoms with van der Waals surface area (Å²) in [6.45, 7) is 3.50. The minimum atomic E-state index is -3.65. The van der Waals surface area contributed by atoms with E-state index in [1.807, 2.05) is 31.2 Å². The summed E-state index contributed by atoms with van der Waals surface area (Å²) in [7, 11) is -0.472. The van der Waals surface area contributed by atoms with Crippen LogP contribution in [0.5, 0.6) is 5.75 Å². The van der Waals surface area contributed by atoms with E-state index >= 15 is 0 Å². The summed E-state index contributed by atoms with van der Waals surface area (Å²) in [5.41, 5.74) is 2.55. The maximum atomic E-state index is 13.0. The highest BCUT2D eigenvalue weighted by atomic mass is 32.2. The molecule has 0 unspecified atom stereocenters. The molecule has 0 saturated carbocycles. The molecular weight excluding hydrogens is 484 g/mol. The van der Waals surface area contributed by atoms with Gasteiger partial charge in [-0.25, -0.2) is 8.42 Å². The van der Waals surface area contributed by atoms with Crippen LogP contribution in [0.1, 0.15) is 23.4 Å². The number of aryl methyl sites for hydroxylation is 2. The van der Waals surface area contributed by atoms with E-state index in [9.17, 15) is 13.2 Å². The van der Waals surface area contributed by atoms with Crippen LogP contribution in [0, 0.1) is 6.92 Å². The second-order valence-corrected chi connectivity index (χ2v) is 10.5. The van der Waals surface area contributed by atoms with Crippen molar-refractivity contribution >= 4 is 15.9 Å². The quantitative estimate of drug-likeness (QED) is 0.428. The van der Waals surface area contributed by atoms with Crippen molar-refractivity contribution in [1.82, 2.24) is 19.3 Å². The third kappa shape index (κ3) is 5.75. The predicted molar refractivity (Wildman–Crippen MR) is 132 cm³/mol. The number of hydrogen-bond donors (Lipinski definition) is 0. The second-order valence-electron chi connectivity index (χ2n) is 8.57. The maximum Gasteiger partial charge on any atom is 0.246 e. The van der Waals surface area contributed by atoms with Gasteiger partial charge in [-0.1, -0.05) is 29.4 Å². The Kier molecular flexibility index (Phi) is 8.02. The van der Waals surface area contributed by atoms with Gasteiger partial charge in [0.15, 0.2) is 0 Å². The zero-order chi connectivity index (χ0) is 25.7. The predicted octanol–water partition coefficient (Wildman–Crippen LogP) is 2.67. The van der Waals surface area contributed by atoms with Gasteiger partial charge < -0.3 is 18.9 Å². The number of nitrogens with zero attached hydrogens (tertiary/aromatic N) is 4. The minimum Gasteiger partial charge on any atom is -0.496 e. The zero-order valence-electron chi connectivity index (χ0n) is 20.6. The van der Waals surface area contributed by atoms with Gasteiger partial charge in [-0.05, 0) is 42.7 Å². The second kappa shape index (κ2) is 11.2. The molecule has 3 aromatic rings. The smallest absolute Gasteiger partial charge is 0.246 e. The largest absolute Gasteiger partial charge is 0.496 e. The lowest BCUT2D eigenvalue weighted by Gasteiger charge is -2.26. The summed E-state index contributed by atoms with van der Waals surface area (Å²) in [5.74, 6) is 1.20. The number of methoxy groups -OCH3 is 1. The monoisotopic (exact) mass is 514 g/mol. The molecule has 0 spiro atoms. The van der Waals surface area contributed by atoms with E-state index in [4.69, 9.17) is 14.0 Å². The summed E-state index contributed by atoms with van der Waals surface area (Å²) in [4.78, 5) is 18.9. The first-order chi connectivity index (χ1) is 17.3. The summed E-state index contributed by atoms with van der Waals surface area (Å²) < 4.78 is 43.5. The number of amides is 1. The van der Waals surface area contributed by atoms with E-state index in [1.165, 1.54) is 22.4 Å². The van der Waals surface area contributed by atoms with Crippen LogP contribution in [0.25, 0.3) is 11.4 Å². The fourth-order valence-corrected chi connectivity index (χ4v) is 5.48. The van der Waals surface area contributed by atoms with Crippen molar-refractivity contribution in [3.8, 4) is 17.1 Å². The molecule has 2 aromatic carbocycles. The summed E-state index contributed by atoms with van der Waals surface area (Å²) in [6.07, 6.45) is 0.476. The lowest BCUT2D eigenvalue weighted by molar-refractivity contribution is -0.130. The van der Waals surface area contributed by atoms with Gasteiger partial charge in [0.1, 0.15) is 5.75 Å². The van der Waals surface area contributed by atoms with Crippen LogP contribution in [-0.4, -0.2) is 74.1 Å². The number of hydrogen-bond acceptors (Lipinski definition) is 8. The van der Waals surface area contributed by atoms with Gasteiger partial charge >= 0.3 is 0 Å². The normalized spacial score (nSPS) is 14.5. The number of rotatable bonds is 9. The van der Waals surface area contributed by atoms with Crippen LogP contribution in [0.4, 0.5) is 0 Å². The summed E-state index contributed by atoms with van der Waals surface area (Å²) in [6, 6.07) is 12.5. The molecule has 192 valence electrons. The summed E-state index contributed by atoms with van der Waals surface area (Å²) in [5, 5.41) is 4.04. The zero-order valence-corrected chi connectivity index (χ0v) is 21.5. The number of sulfonamides is 1.